The van der Waals surface area contributed by atoms with Gasteiger partial charge in [-0.15, -0.1) is 0 Å². The number of hydrogen-bond acceptors (Lipinski definition) is 3. The number of halogens is 1. The van der Waals surface area contributed by atoms with Crippen LogP contribution in [0.15, 0.2) is 18.2 Å². The van der Waals surface area contributed by atoms with Crippen LogP contribution in [0.2, 0.25) is 0 Å². The van der Waals surface area contributed by atoms with Crippen LogP contribution in [-0.4, -0.2) is 12.1 Å². The SMILES string of the molecule is CC(CN)(Nc1cc(F)cc(C#N)c1)C1CC1. The van der Waals surface area contributed by atoms with E-state index in [0.29, 0.717) is 23.7 Å². The highest BCUT2D eigenvalue weighted by Gasteiger charge is 2.40. The summed E-state index contributed by atoms with van der Waals surface area (Å²) in [7, 11) is 0. The van der Waals surface area contributed by atoms with E-state index in [9.17, 15) is 4.39 Å². The maximum atomic E-state index is 13.3. The van der Waals surface area contributed by atoms with Gasteiger partial charge in [-0.2, -0.15) is 5.26 Å². The number of nitriles is 1. The summed E-state index contributed by atoms with van der Waals surface area (Å²) in [6.07, 6.45) is 2.31. The van der Waals surface area contributed by atoms with E-state index in [1.54, 1.807) is 6.07 Å². The number of benzene rings is 1. The van der Waals surface area contributed by atoms with Crippen LogP contribution in [0, 0.1) is 23.1 Å². The van der Waals surface area contributed by atoms with Crippen molar-refractivity contribution in [2.24, 2.45) is 11.7 Å². The first-order valence-electron chi connectivity index (χ1n) is 5.76. The van der Waals surface area contributed by atoms with E-state index in [-0.39, 0.29) is 5.54 Å². The summed E-state index contributed by atoms with van der Waals surface area (Å²) in [5.74, 6) is 0.142. The quantitative estimate of drug-likeness (QED) is 0.838. The predicted molar refractivity (Wildman–Crippen MR) is 64.9 cm³/mol. The summed E-state index contributed by atoms with van der Waals surface area (Å²) >= 11 is 0. The van der Waals surface area contributed by atoms with E-state index >= 15 is 0 Å². The van der Waals surface area contributed by atoms with Gasteiger partial charge in [0.25, 0.3) is 0 Å². The van der Waals surface area contributed by atoms with Crippen molar-refractivity contribution in [3.8, 4) is 6.07 Å². The molecule has 0 saturated heterocycles. The molecule has 3 N–H and O–H groups in total. The molecule has 2 rings (SSSR count). The molecule has 0 heterocycles. The molecule has 0 spiro atoms. The topological polar surface area (TPSA) is 61.8 Å². The maximum Gasteiger partial charge on any atom is 0.126 e. The molecule has 1 atom stereocenters. The minimum atomic E-state index is -0.401. The van der Waals surface area contributed by atoms with Gasteiger partial charge in [0.15, 0.2) is 0 Å². The Kier molecular flexibility index (Phi) is 3.03. The van der Waals surface area contributed by atoms with Gasteiger partial charge in [0.05, 0.1) is 11.6 Å². The van der Waals surface area contributed by atoms with Gasteiger partial charge in [0.2, 0.25) is 0 Å². The molecule has 1 unspecified atom stereocenters. The fraction of sp³-hybridized carbons (Fsp3) is 0.462. The van der Waals surface area contributed by atoms with Crippen molar-refractivity contribution in [2.75, 3.05) is 11.9 Å². The number of rotatable bonds is 4. The summed E-state index contributed by atoms with van der Waals surface area (Å²) in [6, 6.07) is 6.22. The van der Waals surface area contributed by atoms with Crippen molar-refractivity contribution >= 4 is 5.69 Å². The lowest BCUT2D eigenvalue weighted by Crippen LogP contribution is -2.44. The van der Waals surface area contributed by atoms with Crippen molar-refractivity contribution < 1.29 is 4.39 Å². The Morgan fingerprint density at radius 3 is 2.76 bits per heavy atom. The Bertz CT molecular complexity index is 462. The molecule has 4 heteroatoms. The van der Waals surface area contributed by atoms with E-state index in [1.807, 2.05) is 13.0 Å². The zero-order valence-corrected chi connectivity index (χ0v) is 9.83. The monoisotopic (exact) mass is 233 g/mol. The summed E-state index contributed by atoms with van der Waals surface area (Å²) in [4.78, 5) is 0. The van der Waals surface area contributed by atoms with E-state index in [4.69, 9.17) is 11.0 Å². The highest BCUT2D eigenvalue weighted by molar-refractivity contribution is 5.51. The molecule has 0 amide bonds. The standard InChI is InChI=1S/C13H16FN3/c1-13(8-16,10-2-3-10)17-12-5-9(7-15)4-11(14)6-12/h4-6,10,17H,2-3,8,16H2,1H3. The molecule has 0 radical (unpaired) electrons. The van der Waals surface area contributed by atoms with Gasteiger partial charge >= 0.3 is 0 Å². The van der Waals surface area contributed by atoms with Crippen LogP contribution in [0.4, 0.5) is 10.1 Å². The highest BCUT2D eigenvalue weighted by Crippen LogP contribution is 2.40. The Morgan fingerprint density at radius 2 is 2.24 bits per heavy atom. The second-order valence-corrected chi connectivity index (χ2v) is 4.86. The predicted octanol–water partition coefficient (Wildman–Crippen LogP) is 2.24. The van der Waals surface area contributed by atoms with E-state index in [1.165, 1.54) is 12.1 Å². The zero-order valence-electron chi connectivity index (χ0n) is 9.83. The highest BCUT2D eigenvalue weighted by atomic mass is 19.1. The van der Waals surface area contributed by atoms with Gasteiger partial charge in [0, 0.05) is 17.8 Å². The number of anilines is 1. The van der Waals surface area contributed by atoms with E-state index in [2.05, 4.69) is 5.32 Å². The summed E-state index contributed by atoms with van der Waals surface area (Å²) in [6.45, 7) is 2.54. The van der Waals surface area contributed by atoms with Crippen molar-refractivity contribution in [1.29, 1.82) is 5.26 Å². The van der Waals surface area contributed by atoms with Crippen LogP contribution >= 0.6 is 0 Å². The molecule has 0 bridgehead atoms. The van der Waals surface area contributed by atoms with Gasteiger partial charge in [0.1, 0.15) is 5.82 Å². The smallest absolute Gasteiger partial charge is 0.126 e. The Balaban J connectivity index is 2.23. The van der Waals surface area contributed by atoms with Crippen LogP contribution in [-0.2, 0) is 0 Å². The van der Waals surface area contributed by atoms with Gasteiger partial charge in [-0.3, -0.25) is 0 Å². The van der Waals surface area contributed by atoms with Gasteiger partial charge < -0.3 is 11.1 Å². The lowest BCUT2D eigenvalue weighted by atomic mass is 9.95. The molecule has 1 aromatic carbocycles. The first-order valence-corrected chi connectivity index (χ1v) is 5.76. The average molecular weight is 233 g/mol. The fourth-order valence-electron chi connectivity index (χ4n) is 2.10. The minimum Gasteiger partial charge on any atom is -0.378 e. The molecule has 0 aromatic heterocycles. The molecule has 1 saturated carbocycles. The molecule has 90 valence electrons. The van der Waals surface area contributed by atoms with Crippen LogP contribution in [0.5, 0.6) is 0 Å². The molecule has 1 aliphatic rings. The Labute approximate surface area is 100 Å². The average Bonchev–Trinajstić information content (AvgIpc) is 3.12. The lowest BCUT2D eigenvalue weighted by molar-refractivity contribution is 0.459. The van der Waals surface area contributed by atoms with Crippen LogP contribution < -0.4 is 11.1 Å². The number of nitrogens with two attached hydrogens (primary N) is 1. The second-order valence-electron chi connectivity index (χ2n) is 4.86. The molecule has 0 aliphatic heterocycles. The third-order valence-corrected chi connectivity index (χ3v) is 3.36. The van der Waals surface area contributed by atoms with Gasteiger partial charge in [-0.05, 0) is 43.9 Å². The van der Waals surface area contributed by atoms with Crippen LogP contribution in [0.1, 0.15) is 25.3 Å². The molecular formula is C13H16FN3. The molecule has 3 nitrogen and oxygen atoms in total. The number of nitrogens with one attached hydrogen (secondary N) is 1. The Hall–Kier alpha value is -1.60. The first-order chi connectivity index (χ1) is 8.07. The normalized spacial score (nSPS) is 18.2. The first kappa shape index (κ1) is 11.9. The number of nitrogens with zero attached hydrogens (tertiary/aromatic N) is 1. The van der Waals surface area contributed by atoms with Crippen molar-refractivity contribution in [3.63, 3.8) is 0 Å². The second kappa shape index (κ2) is 4.34. The lowest BCUT2D eigenvalue weighted by Gasteiger charge is -2.30. The number of hydrogen-bond donors (Lipinski definition) is 2. The molecule has 1 fully saturated rings. The van der Waals surface area contributed by atoms with E-state index in [0.717, 1.165) is 12.8 Å². The summed E-state index contributed by atoms with van der Waals surface area (Å²) < 4.78 is 13.3. The van der Waals surface area contributed by atoms with Crippen molar-refractivity contribution in [1.82, 2.24) is 0 Å². The molecule has 17 heavy (non-hydrogen) atoms. The third-order valence-electron chi connectivity index (χ3n) is 3.36. The van der Waals surface area contributed by atoms with Crippen LogP contribution in [0.25, 0.3) is 0 Å². The van der Waals surface area contributed by atoms with Crippen LogP contribution in [0.3, 0.4) is 0 Å². The zero-order chi connectivity index (χ0) is 12.5. The van der Waals surface area contributed by atoms with Crippen molar-refractivity contribution in [2.45, 2.75) is 25.3 Å². The van der Waals surface area contributed by atoms with E-state index < -0.39 is 5.82 Å². The Morgan fingerprint density at radius 1 is 1.53 bits per heavy atom. The molecular weight excluding hydrogens is 217 g/mol. The minimum absolute atomic E-state index is 0.208. The maximum absolute atomic E-state index is 13.3. The fourth-order valence-corrected chi connectivity index (χ4v) is 2.10. The molecule has 1 aliphatic carbocycles. The largest absolute Gasteiger partial charge is 0.378 e. The molecule has 1 aromatic rings. The summed E-state index contributed by atoms with van der Waals surface area (Å²) in [5, 5.41) is 12.1. The summed E-state index contributed by atoms with van der Waals surface area (Å²) in [5.41, 5.74) is 6.52. The van der Waals surface area contributed by atoms with Gasteiger partial charge in [-0.1, -0.05) is 0 Å². The van der Waals surface area contributed by atoms with Gasteiger partial charge in [-0.25, -0.2) is 4.39 Å². The van der Waals surface area contributed by atoms with Crippen molar-refractivity contribution in [3.05, 3.63) is 29.6 Å². The third kappa shape index (κ3) is 2.56.